The van der Waals surface area contributed by atoms with Crippen molar-refractivity contribution in [2.45, 2.75) is 65.5 Å². The number of benzene rings is 1. The highest BCUT2D eigenvalue weighted by Gasteiger charge is 2.36. The number of hydrogen-bond donors (Lipinski definition) is 1. The molecule has 0 bridgehead atoms. The summed E-state index contributed by atoms with van der Waals surface area (Å²) in [6.07, 6.45) is 7.90. The summed E-state index contributed by atoms with van der Waals surface area (Å²) in [5, 5.41) is 4.51. The summed E-state index contributed by atoms with van der Waals surface area (Å²) in [4.78, 5) is 17.3. The number of nitrogens with one attached hydrogen (secondary N) is 1. The smallest absolute Gasteiger partial charge is 0.318 e. The van der Waals surface area contributed by atoms with Gasteiger partial charge in [-0.15, -0.1) is 11.3 Å². The number of fused-ring (bicyclic) bond motifs is 5. The van der Waals surface area contributed by atoms with Crippen LogP contribution in [0.4, 0.5) is 4.79 Å². The van der Waals surface area contributed by atoms with Crippen LogP contribution in [-0.2, 0) is 19.4 Å². The Balaban J connectivity index is 1.61. The fourth-order valence-corrected chi connectivity index (χ4v) is 6.65. The predicted molar refractivity (Wildman–Crippen MR) is 138 cm³/mol. The highest BCUT2D eigenvalue weighted by atomic mass is 32.1. The molecule has 3 heterocycles. The van der Waals surface area contributed by atoms with E-state index in [9.17, 15) is 4.79 Å². The number of aryl methyl sites for hydroxylation is 1. The van der Waals surface area contributed by atoms with Crippen molar-refractivity contribution in [3.8, 4) is 10.8 Å². The van der Waals surface area contributed by atoms with Crippen LogP contribution in [0, 0.1) is 5.92 Å². The lowest BCUT2D eigenvalue weighted by Crippen LogP contribution is -2.42. The van der Waals surface area contributed by atoms with E-state index in [1.54, 1.807) is 0 Å². The van der Waals surface area contributed by atoms with Gasteiger partial charge in [-0.1, -0.05) is 26.0 Å². The molecule has 0 saturated heterocycles. The van der Waals surface area contributed by atoms with Gasteiger partial charge in [-0.05, 0) is 80.3 Å². The third kappa shape index (κ3) is 4.36. The minimum atomic E-state index is -0.187. The van der Waals surface area contributed by atoms with Crippen molar-refractivity contribution in [2.75, 3.05) is 13.2 Å². The first-order chi connectivity index (χ1) is 16.6. The molecule has 5 nitrogen and oxygen atoms in total. The largest absolute Gasteiger partial charge is 0.494 e. The van der Waals surface area contributed by atoms with Gasteiger partial charge >= 0.3 is 6.03 Å². The first-order valence-corrected chi connectivity index (χ1v) is 13.5. The van der Waals surface area contributed by atoms with E-state index in [1.165, 1.54) is 33.8 Å². The van der Waals surface area contributed by atoms with Crippen LogP contribution in [0.1, 0.15) is 73.3 Å². The average molecular weight is 478 g/mol. The molecule has 34 heavy (non-hydrogen) atoms. The molecular formula is C28H35N3O2S. The number of hydrogen-bond acceptors (Lipinski definition) is 3. The molecule has 0 fully saturated rings. The molecule has 0 radical (unpaired) electrons. The number of ether oxygens (including phenoxy) is 1. The van der Waals surface area contributed by atoms with Gasteiger partial charge in [-0.25, -0.2) is 4.79 Å². The molecule has 0 spiro atoms. The van der Waals surface area contributed by atoms with E-state index in [1.807, 2.05) is 35.3 Å². The van der Waals surface area contributed by atoms with Gasteiger partial charge in [-0.2, -0.15) is 0 Å². The first kappa shape index (κ1) is 23.0. The molecule has 0 saturated carbocycles. The van der Waals surface area contributed by atoms with Crippen LogP contribution in [0.2, 0.25) is 0 Å². The van der Waals surface area contributed by atoms with Crippen molar-refractivity contribution in [2.24, 2.45) is 5.92 Å². The van der Waals surface area contributed by atoms with Gasteiger partial charge in [0.2, 0.25) is 0 Å². The van der Waals surface area contributed by atoms with Gasteiger partial charge < -0.3 is 19.5 Å². The molecular weight excluding hydrogens is 442 g/mol. The van der Waals surface area contributed by atoms with E-state index in [-0.39, 0.29) is 12.1 Å². The summed E-state index contributed by atoms with van der Waals surface area (Å²) in [5.41, 5.74) is 5.02. The molecule has 1 atom stereocenters. The Labute approximate surface area is 206 Å². The normalized spacial score (nSPS) is 17.1. The van der Waals surface area contributed by atoms with Gasteiger partial charge in [0.1, 0.15) is 10.8 Å². The van der Waals surface area contributed by atoms with Crippen LogP contribution in [-0.4, -0.2) is 28.6 Å². The predicted octanol–water partition coefficient (Wildman–Crippen LogP) is 6.48. The second kappa shape index (κ2) is 9.87. The van der Waals surface area contributed by atoms with Gasteiger partial charge in [0, 0.05) is 23.2 Å². The van der Waals surface area contributed by atoms with E-state index in [2.05, 4.69) is 54.2 Å². The summed E-state index contributed by atoms with van der Waals surface area (Å²) >= 11 is 1.92. The maximum absolute atomic E-state index is 13.7. The van der Waals surface area contributed by atoms with Gasteiger partial charge in [-0.3, -0.25) is 0 Å². The standard InChI is InChI=1S/C28H35N3O2S/c1-4-33-21-10-7-9-20(17-21)26-24-12-8-16-30(24)27-23(22-11-5-6-13-25(22)34-27)18-31(26)28(32)29-15-14-19(2)3/h7-10,12,16-17,19,26H,4-6,11,13-15,18H2,1-3H3,(H,29,32)/t26-/m0/s1. The highest BCUT2D eigenvalue weighted by molar-refractivity contribution is 7.15. The Morgan fingerprint density at radius 2 is 2.03 bits per heavy atom. The number of nitrogens with zero attached hydrogens (tertiary/aromatic N) is 2. The number of carbonyl (C=O) groups excluding carboxylic acids is 1. The SMILES string of the molecule is CCOc1cccc([C@H]2c3cccn3-c3sc4c(c3CN2C(=O)NCCC(C)C)CCCC4)c1. The monoisotopic (exact) mass is 477 g/mol. The van der Waals surface area contributed by atoms with Crippen LogP contribution in [0.5, 0.6) is 5.75 Å². The molecule has 1 N–H and O–H groups in total. The second-order valence-electron chi connectivity index (χ2n) is 9.75. The molecule has 2 aliphatic rings. The number of amides is 2. The number of urea groups is 1. The Morgan fingerprint density at radius 1 is 1.18 bits per heavy atom. The zero-order valence-corrected chi connectivity index (χ0v) is 21.3. The molecule has 1 aliphatic carbocycles. The van der Waals surface area contributed by atoms with Crippen molar-refractivity contribution in [1.82, 2.24) is 14.8 Å². The highest BCUT2D eigenvalue weighted by Crippen LogP contribution is 2.44. The molecule has 1 aromatic carbocycles. The lowest BCUT2D eigenvalue weighted by Gasteiger charge is -2.31. The third-order valence-electron chi connectivity index (χ3n) is 6.92. The number of aromatic nitrogens is 1. The van der Waals surface area contributed by atoms with Crippen LogP contribution in [0.25, 0.3) is 5.00 Å². The Morgan fingerprint density at radius 3 is 2.85 bits per heavy atom. The molecule has 0 unspecified atom stereocenters. The molecule has 6 heteroatoms. The molecule has 5 rings (SSSR count). The minimum absolute atomic E-state index is 0.00354. The maximum Gasteiger partial charge on any atom is 0.318 e. The molecule has 3 aromatic rings. The third-order valence-corrected chi connectivity index (χ3v) is 8.26. The van der Waals surface area contributed by atoms with Crippen LogP contribution in [0.15, 0.2) is 42.6 Å². The van der Waals surface area contributed by atoms with E-state index < -0.39 is 0 Å². The summed E-state index contributed by atoms with van der Waals surface area (Å²) in [5.74, 6) is 1.39. The van der Waals surface area contributed by atoms with Crippen molar-refractivity contribution in [1.29, 1.82) is 0 Å². The van der Waals surface area contributed by atoms with Crippen molar-refractivity contribution in [3.63, 3.8) is 0 Å². The zero-order chi connectivity index (χ0) is 23.7. The van der Waals surface area contributed by atoms with Crippen molar-refractivity contribution in [3.05, 3.63) is 69.9 Å². The summed E-state index contributed by atoms with van der Waals surface area (Å²) in [7, 11) is 0. The fraction of sp³-hybridized carbons (Fsp3) is 0.464. The zero-order valence-electron chi connectivity index (χ0n) is 20.5. The van der Waals surface area contributed by atoms with Gasteiger partial charge in [0.05, 0.1) is 24.9 Å². The van der Waals surface area contributed by atoms with Gasteiger partial charge in [0.15, 0.2) is 0 Å². The van der Waals surface area contributed by atoms with Crippen molar-refractivity contribution < 1.29 is 9.53 Å². The van der Waals surface area contributed by atoms with E-state index >= 15 is 0 Å². The van der Waals surface area contributed by atoms with Crippen LogP contribution in [0.3, 0.4) is 0 Å². The van der Waals surface area contributed by atoms with Crippen molar-refractivity contribution >= 4 is 17.4 Å². The Kier molecular flexibility index (Phi) is 6.68. The first-order valence-electron chi connectivity index (χ1n) is 12.6. The quantitative estimate of drug-likeness (QED) is 0.442. The summed E-state index contributed by atoms with van der Waals surface area (Å²) in [6.45, 7) is 8.31. The van der Waals surface area contributed by atoms with Crippen LogP contribution >= 0.6 is 11.3 Å². The minimum Gasteiger partial charge on any atom is -0.494 e. The molecule has 2 amide bonds. The number of thiophene rings is 1. The van der Waals surface area contributed by atoms with Crippen LogP contribution < -0.4 is 10.1 Å². The Bertz CT molecular complexity index is 1160. The fourth-order valence-electron chi connectivity index (χ4n) is 5.25. The molecule has 2 aromatic heterocycles. The summed E-state index contributed by atoms with van der Waals surface area (Å²) in [6, 6.07) is 12.3. The second-order valence-corrected chi connectivity index (χ2v) is 10.8. The average Bonchev–Trinajstić information content (AvgIpc) is 3.41. The number of carbonyl (C=O) groups is 1. The summed E-state index contributed by atoms with van der Waals surface area (Å²) < 4.78 is 8.15. The number of rotatable bonds is 6. The maximum atomic E-state index is 13.7. The molecule has 180 valence electrons. The van der Waals surface area contributed by atoms with E-state index in [4.69, 9.17) is 4.74 Å². The topological polar surface area (TPSA) is 46.5 Å². The lowest BCUT2D eigenvalue weighted by molar-refractivity contribution is 0.180. The van der Waals surface area contributed by atoms with E-state index in [0.29, 0.717) is 25.6 Å². The van der Waals surface area contributed by atoms with E-state index in [0.717, 1.165) is 36.3 Å². The lowest BCUT2D eigenvalue weighted by atomic mass is 9.95. The Hall–Kier alpha value is -2.73. The molecule has 1 aliphatic heterocycles. The van der Waals surface area contributed by atoms with Gasteiger partial charge in [0.25, 0.3) is 0 Å².